The summed E-state index contributed by atoms with van der Waals surface area (Å²) in [4.78, 5) is 27.2. The number of para-hydroxylation sites is 1. The molecule has 2 aromatic carbocycles. The van der Waals surface area contributed by atoms with E-state index in [0.717, 1.165) is 0 Å². The summed E-state index contributed by atoms with van der Waals surface area (Å²) in [6.07, 6.45) is 1.28. The van der Waals surface area contributed by atoms with Crippen molar-refractivity contribution in [2.45, 2.75) is 0 Å². The van der Waals surface area contributed by atoms with E-state index in [0.29, 0.717) is 17.1 Å². The Kier molecular flexibility index (Phi) is 3.96. The summed E-state index contributed by atoms with van der Waals surface area (Å²) in [7, 11) is 1.49. The lowest BCUT2D eigenvalue weighted by molar-refractivity contribution is -0.385. The van der Waals surface area contributed by atoms with Crippen molar-refractivity contribution in [1.82, 2.24) is 0 Å². The van der Waals surface area contributed by atoms with Crippen LogP contribution in [0.4, 0.5) is 5.69 Å². The molecule has 0 atom stereocenters. The van der Waals surface area contributed by atoms with Gasteiger partial charge in [-0.25, -0.2) is 9.79 Å². The highest BCUT2D eigenvalue weighted by molar-refractivity contribution is 6.14. The summed E-state index contributed by atoms with van der Waals surface area (Å²) in [6, 6.07) is 9.59. The van der Waals surface area contributed by atoms with E-state index in [9.17, 15) is 14.9 Å². The highest BCUT2D eigenvalue weighted by atomic mass is 16.7. The van der Waals surface area contributed by atoms with Gasteiger partial charge in [0.25, 0.3) is 5.69 Å². The molecule has 0 saturated heterocycles. The maximum atomic E-state index is 12.2. The summed E-state index contributed by atoms with van der Waals surface area (Å²) in [6.45, 7) is -0.0232. The molecule has 0 amide bonds. The van der Waals surface area contributed by atoms with Gasteiger partial charge in [0, 0.05) is 0 Å². The number of rotatable bonds is 4. The topological polar surface area (TPSA) is 109 Å². The Hall–Kier alpha value is -3.88. The second-order valence-corrected chi connectivity index (χ2v) is 5.56. The molecule has 4 rings (SSSR count). The van der Waals surface area contributed by atoms with Crippen molar-refractivity contribution in [1.29, 1.82) is 0 Å². The van der Waals surface area contributed by atoms with Crippen molar-refractivity contribution in [3.63, 3.8) is 0 Å². The Morgan fingerprint density at radius 3 is 2.70 bits per heavy atom. The molecule has 9 heteroatoms. The first-order chi connectivity index (χ1) is 13.1. The summed E-state index contributed by atoms with van der Waals surface area (Å²) in [5, 5.41) is 11.4. The Labute approximate surface area is 152 Å². The number of methoxy groups -OCH3 is 1. The maximum absolute atomic E-state index is 12.2. The minimum Gasteiger partial charge on any atom is -0.496 e. The molecule has 0 radical (unpaired) electrons. The molecule has 0 bridgehead atoms. The zero-order valence-electron chi connectivity index (χ0n) is 14.0. The smallest absolute Gasteiger partial charge is 0.363 e. The normalized spacial score (nSPS) is 16.3. The first kappa shape index (κ1) is 16.6. The van der Waals surface area contributed by atoms with Gasteiger partial charge >= 0.3 is 5.97 Å². The fourth-order valence-corrected chi connectivity index (χ4v) is 2.71. The van der Waals surface area contributed by atoms with Crippen LogP contribution in [-0.2, 0) is 9.53 Å². The number of hydrogen-bond acceptors (Lipinski definition) is 8. The number of cyclic esters (lactones) is 1. The van der Waals surface area contributed by atoms with Gasteiger partial charge in [-0.05, 0) is 24.3 Å². The van der Waals surface area contributed by atoms with Crippen molar-refractivity contribution >= 4 is 23.6 Å². The standard InChI is InChI=1S/C18H12N2O7/c1-24-14-5-3-2-4-11(14)17-19-12(18(21)27-17)6-10-7-15-16(26-9-25-15)8-13(10)20(22)23/h2-8H,9H2,1H3/b12-6-. The summed E-state index contributed by atoms with van der Waals surface area (Å²) in [5.74, 6) is 0.457. The minimum atomic E-state index is -0.720. The first-order valence-electron chi connectivity index (χ1n) is 7.81. The number of nitro benzene ring substituents is 1. The predicted molar refractivity (Wildman–Crippen MR) is 92.8 cm³/mol. The average Bonchev–Trinajstić information content (AvgIpc) is 3.27. The number of esters is 1. The Balaban J connectivity index is 1.77. The van der Waals surface area contributed by atoms with Crippen molar-refractivity contribution in [3.05, 3.63) is 63.3 Å². The molecule has 0 spiro atoms. The van der Waals surface area contributed by atoms with Crippen LogP contribution in [0.2, 0.25) is 0 Å². The number of carbonyl (C=O) groups is 1. The molecule has 136 valence electrons. The van der Waals surface area contributed by atoms with Crippen LogP contribution < -0.4 is 14.2 Å². The first-order valence-corrected chi connectivity index (χ1v) is 7.81. The van der Waals surface area contributed by atoms with Crippen LogP contribution >= 0.6 is 0 Å². The molecule has 0 fully saturated rings. The van der Waals surface area contributed by atoms with Gasteiger partial charge in [0.2, 0.25) is 12.7 Å². The molecule has 0 N–H and O–H groups in total. The number of benzene rings is 2. The lowest BCUT2D eigenvalue weighted by Gasteiger charge is -2.05. The number of hydrogen-bond donors (Lipinski definition) is 0. The molecule has 2 aromatic rings. The number of fused-ring (bicyclic) bond motifs is 1. The van der Waals surface area contributed by atoms with Gasteiger partial charge in [0.1, 0.15) is 5.75 Å². The van der Waals surface area contributed by atoms with Crippen LogP contribution in [0, 0.1) is 10.1 Å². The fourth-order valence-electron chi connectivity index (χ4n) is 2.71. The third-order valence-corrected chi connectivity index (χ3v) is 3.97. The van der Waals surface area contributed by atoms with Gasteiger partial charge in [0.15, 0.2) is 17.2 Å². The number of carbonyl (C=O) groups excluding carboxylic acids is 1. The molecule has 2 aliphatic heterocycles. The SMILES string of the molecule is COc1ccccc1C1=N/C(=C\c2cc3c(cc2[N+](=O)[O-])OCO3)C(=O)O1. The highest BCUT2D eigenvalue weighted by Crippen LogP contribution is 2.39. The Bertz CT molecular complexity index is 1030. The highest BCUT2D eigenvalue weighted by Gasteiger charge is 2.28. The third kappa shape index (κ3) is 2.95. The third-order valence-electron chi connectivity index (χ3n) is 3.97. The number of aliphatic imine (C=N–C) groups is 1. The molecule has 27 heavy (non-hydrogen) atoms. The summed E-state index contributed by atoms with van der Waals surface area (Å²) < 4.78 is 20.8. The van der Waals surface area contributed by atoms with E-state index in [2.05, 4.69) is 4.99 Å². The van der Waals surface area contributed by atoms with Crippen molar-refractivity contribution in [2.24, 2.45) is 4.99 Å². The van der Waals surface area contributed by atoms with Gasteiger partial charge in [-0.1, -0.05) is 12.1 Å². The molecule has 0 aromatic heterocycles. The van der Waals surface area contributed by atoms with Gasteiger partial charge < -0.3 is 18.9 Å². The molecule has 2 aliphatic rings. The van der Waals surface area contributed by atoms with Crippen molar-refractivity contribution in [3.8, 4) is 17.2 Å². The predicted octanol–water partition coefficient (Wildman–Crippen LogP) is 2.68. The van der Waals surface area contributed by atoms with Gasteiger partial charge in [-0.15, -0.1) is 0 Å². The minimum absolute atomic E-state index is 0.0232. The lowest BCUT2D eigenvalue weighted by atomic mass is 10.1. The average molecular weight is 368 g/mol. The summed E-state index contributed by atoms with van der Waals surface area (Å²) in [5.41, 5.74) is 0.344. The van der Waals surface area contributed by atoms with Crippen LogP contribution in [0.5, 0.6) is 17.2 Å². The molecular formula is C18H12N2O7. The molecule has 9 nitrogen and oxygen atoms in total. The Morgan fingerprint density at radius 2 is 1.96 bits per heavy atom. The van der Waals surface area contributed by atoms with Crippen LogP contribution in [0.3, 0.4) is 0 Å². The van der Waals surface area contributed by atoms with E-state index in [4.69, 9.17) is 18.9 Å². The van der Waals surface area contributed by atoms with E-state index in [1.54, 1.807) is 24.3 Å². The molecule has 0 unspecified atom stereocenters. The van der Waals surface area contributed by atoms with Crippen LogP contribution in [0.25, 0.3) is 6.08 Å². The molecule has 0 saturated carbocycles. The zero-order valence-corrected chi connectivity index (χ0v) is 14.0. The monoisotopic (exact) mass is 368 g/mol. The van der Waals surface area contributed by atoms with E-state index >= 15 is 0 Å². The number of nitrogens with zero attached hydrogens (tertiary/aromatic N) is 2. The fraction of sp³-hybridized carbons (Fsp3) is 0.111. The summed E-state index contributed by atoms with van der Waals surface area (Å²) >= 11 is 0. The molecule has 2 heterocycles. The van der Waals surface area contributed by atoms with Crippen molar-refractivity contribution in [2.75, 3.05) is 13.9 Å². The number of nitro groups is 1. The van der Waals surface area contributed by atoms with Crippen molar-refractivity contribution < 1.29 is 28.7 Å². The molecular weight excluding hydrogens is 356 g/mol. The molecule has 0 aliphatic carbocycles. The Morgan fingerprint density at radius 1 is 1.22 bits per heavy atom. The van der Waals surface area contributed by atoms with E-state index in [1.165, 1.54) is 25.3 Å². The number of ether oxygens (including phenoxy) is 4. The van der Waals surface area contributed by atoms with Gasteiger partial charge in [-0.3, -0.25) is 10.1 Å². The zero-order chi connectivity index (χ0) is 19.0. The second kappa shape index (κ2) is 6.45. The van der Waals surface area contributed by atoms with Gasteiger partial charge in [0.05, 0.1) is 29.2 Å². The van der Waals surface area contributed by atoms with Crippen LogP contribution in [0.15, 0.2) is 47.1 Å². The largest absolute Gasteiger partial charge is 0.496 e. The van der Waals surface area contributed by atoms with E-state index in [1.807, 2.05) is 0 Å². The van der Waals surface area contributed by atoms with Gasteiger partial charge in [-0.2, -0.15) is 0 Å². The quantitative estimate of drug-likeness (QED) is 0.353. The maximum Gasteiger partial charge on any atom is 0.363 e. The van der Waals surface area contributed by atoms with E-state index in [-0.39, 0.29) is 35.4 Å². The van der Waals surface area contributed by atoms with Crippen LogP contribution in [0.1, 0.15) is 11.1 Å². The lowest BCUT2D eigenvalue weighted by Crippen LogP contribution is -2.06. The van der Waals surface area contributed by atoms with E-state index < -0.39 is 10.9 Å². The second-order valence-electron chi connectivity index (χ2n) is 5.56. The van der Waals surface area contributed by atoms with Crippen LogP contribution in [-0.4, -0.2) is 30.7 Å².